The maximum absolute atomic E-state index is 11.5. The first-order valence-corrected chi connectivity index (χ1v) is 5.45. The van der Waals surface area contributed by atoms with Crippen LogP contribution in [-0.4, -0.2) is 12.6 Å². The van der Waals surface area contributed by atoms with Crippen molar-refractivity contribution in [3.8, 4) is 0 Å². The summed E-state index contributed by atoms with van der Waals surface area (Å²) >= 11 is 0. The van der Waals surface area contributed by atoms with Crippen LogP contribution in [0.4, 0.5) is 0 Å². The van der Waals surface area contributed by atoms with Crippen molar-refractivity contribution in [3.05, 3.63) is 23.2 Å². The maximum Gasteiger partial charge on any atom is 0.341 e. The first-order chi connectivity index (χ1) is 7.19. The largest absolute Gasteiger partial charge is 0.465 e. The Kier molecular flexibility index (Phi) is 4.40. The lowest BCUT2D eigenvalue weighted by Gasteiger charge is -1.97. The Morgan fingerprint density at radius 3 is 2.80 bits per heavy atom. The first-order valence-electron chi connectivity index (χ1n) is 5.45. The number of rotatable bonds is 5. The molecule has 0 radical (unpaired) electrons. The molecule has 0 N–H and O–H groups in total. The molecule has 84 valence electrons. The van der Waals surface area contributed by atoms with E-state index in [1.165, 1.54) is 0 Å². The fourth-order valence-electron chi connectivity index (χ4n) is 1.43. The van der Waals surface area contributed by atoms with Gasteiger partial charge in [-0.1, -0.05) is 13.3 Å². The van der Waals surface area contributed by atoms with E-state index in [0.29, 0.717) is 17.9 Å². The van der Waals surface area contributed by atoms with E-state index in [0.717, 1.165) is 25.0 Å². The lowest BCUT2D eigenvalue weighted by atomic mass is 10.2. The average molecular weight is 210 g/mol. The number of hydrogen-bond donors (Lipinski definition) is 0. The molecule has 1 heterocycles. The summed E-state index contributed by atoms with van der Waals surface area (Å²) in [5, 5.41) is 0. The minimum Gasteiger partial charge on any atom is -0.465 e. The molecule has 0 aliphatic heterocycles. The second kappa shape index (κ2) is 5.59. The van der Waals surface area contributed by atoms with Gasteiger partial charge in [-0.15, -0.1) is 0 Å². The highest BCUT2D eigenvalue weighted by Crippen LogP contribution is 2.17. The molecule has 0 atom stereocenters. The minimum absolute atomic E-state index is 0.290. The van der Waals surface area contributed by atoms with Gasteiger partial charge < -0.3 is 9.15 Å². The van der Waals surface area contributed by atoms with Gasteiger partial charge in [0.2, 0.25) is 0 Å². The fourth-order valence-corrected chi connectivity index (χ4v) is 1.43. The molecule has 0 aromatic carbocycles. The number of carbonyl (C=O) groups excluding carboxylic acids is 1. The number of unbranched alkanes of at least 4 members (excludes halogenated alkanes) is 1. The Morgan fingerprint density at radius 2 is 2.20 bits per heavy atom. The Hall–Kier alpha value is -1.25. The SMILES string of the molecule is CCCCc1cc(C(=O)OCC)c(C)o1. The molecule has 0 saturated heterocycles. The summed E-state index contributed by atoms with van der Waals surface area (Å²) in [4.78, 5) is 11.5. The number of aryl methyl sites for hydroxylation is 2. The number of hydrogen-bond acceptors (Lipinski definition) is 3. The van der Waals surface area contributed by atoms with Crippen LogP contribution in [0.2, 0.25) is 0 Å². The summed E-state index contributed by atoms with van der Waals surface area (Å²) in [6, 6.07) is 1.79. The third-order valence-corrected chi connectivity index (χ3v) is 2.24. The van der Waals surface area contributed by atoms with Crippen molar-refractivity contribution in [1.82, 2.24) is 0 Å². The van der Waals surface area contributed by atoms with Gasteiger partial charge in [0.15, 0.2) is 0 Å². The lowest BCUT2D eigenvalue weighted by Crippen LogP contribution is -2.04. The summed E-state index contributed by atoms with van der Waals surface area (Å²) in [7, 11) is 0. The first kappa shape index (κ1) is 11.8. The van der Waals surface area contributed by atoms with Crippen molar-refractivity contribution >= 4 is 5.97 Å². The van der Waals surface area contributed by atoms with Crippen LogP contribution in [0, 0.1) is 6.92 Å². The number of furan rings is 1. The van der Waals surface area contributed by atoms with Crippen molar-refractivity contribution in [1.29, 1.82) is 0 Å². The number of ether oxygens (including phenoxy) is 1. The number of esters is 1. The van der Waals surface area contributed by atoms with Crippen LogP contribution in [0.15, 0.2) is 10.5 Å². The summed E-state index contributed by atoms with van der Waals surface area (Å²) in [6.45, 7) is 6.11. The molecule has 0 fully saturated rings. The standard InChI is InChI=1S/C12H18O3/c1-4-6-7-10-8-11(9(3)15-10)12(13)14-5-2/h8H,4-7H2,1-3H3. The molecule has 0 saturated carbocycles. The fraction of sp³-hybridized carbons (Fsp3) is 0.583. The molecule has 1 aromatic heterocycles. The molecular weight excluding hydrogens is 192 g/mol. The van der Waals surface area contributed by atoms with Crippen LogP contribution in [-0.2, 0) is 11.2 Å². The summed E-state index contributed by atoms with van der Waals surface area (Å²) in [5.41, 5.74) is 0.558. The molecule has 0 bridgehead atoms. The summed E-state index contributed by atoms with van der Waals surface area (Å²) in [6.07, 6.45) is 3.08. The Labute approximate surface area is 90.4 Å². The Morgan fingerprint density at radius 1 is 1.47 bits per heavy atom. The van der Waals surface area contributed by atoms with Crippen LogP contribution in [0.1, 0.15) is 48.6 Å². The van der Waals surface area contributed by atoms with Gasteiger partial charge in [-0.3, -0.25) is 0 Å². The molecule has 3 nitrogen and oxygen atoms in total. The monoisotopic (exact) mass is 210 g/mol. The van der Waals surface area contributed by atoms with Crippen LogP contribution in [0.3, 0.4) is 0 Å². The van der Waals surface area contributed by atoms with Crippen molar-refractivity contribution in [3.63, 3.8) is 0 Å². The van der Waals surface area contributed by atoms with Gasteiger partial charge in [0.1, 0.15) is 17.1 Å². The molecule has 1 aromatic rings. The molecule has 15 heavy (non-hydrogen) atoms. The Balaban J connectivity index is 2.72. The zero-order valence-electron chi connectivity index (χ0n) is 9.63. The Bertz CT molecular complexity index is 326. The predicted molar refractivity (Wildman–Crippen MR) is 58.0 cm³/mol. The van der Waals surface area contributed by atoms with E-state index in [1.54, 1.807) is 19.9 Å². The van der Waals surface area contributed by atoms with Gasteiger partial charge in [0.05, 0.1) is 6.61 Å². The quantitative estimate of drug-likeness (QED) is 0.701. The van der Waals surface area contributed by atoms with E-state index >= 15 is 0 Å². The van der Waals surface area contributed by atoms with Gasteiger partial charge in [0.25, 0.3) is 0 Å². The molecule has 0 unspecified atom stereocenters. The van der Waals surface area contributed by atoms with Crippen LogP contribution in [0.5, 0.6) is 0 Å². The van der Waals surface area contributed by atoms with E-state index in [9.17, 15) is 4.79 Å². The third kappa shape index (κ3) is 3.11. The van der Waals surface area contributed by atoms with E-state index in [-0.39, 0.29) is 5.97 Å². The summed E-state index contributed by atoms with van der Waals surface area (Å²) in [5.74, 6) is 1.23. The minimum atomic E-state index is -0.290. The highest BCUT2D eigenvalue weighted by Gasteiger charge is 2.15. The molecule has 0 spiro atoms. The van der Waals surface area contributed by atoms with Crippen molar-refractivity contribution < 1.29 is 13.9 Å². The highest BCUT2D eigenvalue weighted by molar-refractivity contribution is 5.90. The second-order valence-corrected chi connectivity index (χ2v) is 3.51. The van der Waals surface area contributed by atoms with E-state index < -0.39 is 0 Å². The average Bonchev–Trinajstić information content (AvgIpc) is 2.57. The summed E-state index contributed by atoms with van der Waals surface area (Å²) < 4.78 is 10.4. The van der Waals surface area contributed by atoms with Crippen molar-refractivity contribution in [2.24, 2.45) is 0 Å². The predicted octanol–water partition coefficient (Wildman–Crippen LogP) is 3.11. The molecular formula is C12H18O3. The second-order valence-electron chi connectivity index (χ2n) is 3.51. The van der Waals surface area contributed by atoms with E-state index in [4.69, 9.17) is 9.15 Å². The molecule has 0 aliphatic rings. The smallest absolute Gasteiger partial charge is 0.341 e. The van der Waals surface area contributed by atoms with Gasteiger partial charge in [-0.05, 0) is 26.3 Å². The lowest BCUT2D eigenvalue weighted by molar-refractivity contribution is 0.0524. The molecule has 3 heteroatoms. The zero-order valence-corrected chi connectivity index (χ0v) is 9.63. The topological polar surface area (TPSA) is 39.4 Å². The maximum atomic E-state index is 11.5. The van der Waals surface area contributed by atoms with Gasteiger partial charge in [-0.25, -0.2) is 4.79 Å². The van der Waals surface area contributed by atoms with Gasteiger partial charge in [-0.2, -0.15) is 0 Å². The van der Waals surface area contributed by atoms with Crippen molar-refractivity contribution in [2.45, 2.75) is 40.0 Å². The van der Waals surface area contributed by atoms with Crippen molar-refractivity contribution in [2.75, 3.05) is 6.61 Å². The van der Waals surface area contributed by atoms with E-state index in [2.05, 4.69) is 6.92 Å². The molecule has 0 aliphatic carbocycles. The molecule has 0 amide bonds. The van der Waals surface area contributed by atoms with Crippen LogP contribution in [0.25, 0.3) is 0 Å². The zero-order chi connectivity index (χ0) is 11.3. The van der Waals surface area contributed by atoms with Gasteiger partial charge in [0, 0.05) is 6.42 Å². The molecule has 1 rings (SSSR count). The van der Waals surface area contributed by atoms with Crippen LogP contribution >= 0.6 is 0 Å². The third-order valence-electron chi connectivity index (χ3n) is 2.24. The normalized spacial score (nSPS) is 10.3. The van der Waals surface area contributed by atoms with Gasteiger partial charge >= 0.3 is 5.97 Å². The number of carbonyl (C=O) groups is 1. The van der Waals surface area contributed by atoms with E-state index in [1.807, 2.05) is 0 Å². The van der Waals surface area contributed by atoms with Crippen LogP contribution < -0.4 is 0 Å². The highest BCUT2D eigenvalue weighted by atomic mass is 16.5.